The molecule has 0 unspecified atom stereocenters. The van der Waals surface area contributed by atoms with E-state index in [-0.39, 0.29) is 0 Å². The molecule has 2 N–H and O–H groups in total. The highest BCUT2D eigenvalue weighted by Gasteiger charge is 2.10. The summed E-state index contributed by atoms with van der Waals surface area (Å²) in [7, 11) is 1.78. The van der Waals surface area contributed by atoms with Gasteiger partial charge in [-0.15, -0.1) is 0 Å². The van der Waals surface area contributed by atoms with Gasteiger partial charge in [0, 0.05) is 18.8 Å². The molecule has 0 saturated carbocycles. The fourth-order valence-corrected chi connectivity index (χ4v) is 1.41. The standard InChI is InChI=1S/C10H9N5/c1-15-10(8(4-11)6-14-15)7-2-3-9(12)13-5-7/h2-3,5-6H,1H3,(H2,12,13). The number of aryl methyl sites for hydroxylation is 1. The Morgan fingerprint density at radius 2 is 2.20 bits per heavy atom. The molecule has 5 nitrogen and oxygen atoms in total. The van der Waals surface area contributed by atoms with Gasteiger partial charge in [0.25, 0.3) is 0 Å². The Morgan fingerprint density at radius 1 is 1.40 bits per heavy atom. The average Bonchev–Trinajstić information content (AvgIpc) is 2.61. The number of anilines is 1. The predicted octanol–water partition coefficient (Wildman–Crippen LogP) is 0.936. The Morgan fingerprint density at radius 3 is 2.80 bits per heavy atom. The van der Waals surface area contributed by atoms with E-state index in [0.29, 0.717) is 11.4 Å². The van der Waals surface area contributed by atoms with Crippen LogP contribution in [0.1, 0.15) is 5.56 Å². The van der Waals surface area contributed by atoms with Crippen molar-refractivity contribution in [1.82, 2.24) is 14.8 Å². The number of aromatic nitrogens is 3. The van der Waals surface area contributed by atoms with Crippen LogP contribution in [0.2, 0.25) is 0 Å². The molecule has 2 aromatic rings. The van der Waals surface area contributed by atoms with E-state index in [1.165, 1.54) is 6.20 Å². The largest absolute Gasteiger partial charge is 0.384 e. The Hall–Kier alpha value is -2.35. The van der Waals surface area contributed by atoms with Crippen LogP contribution in [0.4, 0.5) is 5.82 Å². The molecule has 0 aliphatic carbocycles. The van der Waals surface area contributed by atoms with Crippen LogP contribution in [0.5, 0.6) is 0 Å². The van der Waals surface area contributed by atoms with Crippen LogP contribution in [0.3, 0.4) is 0 Å². The molecule has 0 amide bonds. The third-order valence-corrected chi connectivity index (χ3v) is 2.12. The fourth-order valence-electron chi connectivity index (χ4n) is 1.41. The molecule has 0 atom stereocenters. The lowest BCUT2D eigenvalue weighted by atomic mass is 10.1. The third kappa shape index (κ3) is 1.53. The smallest absolute Gasteiger partial charge is 0.123 e. The van der Waals surface area contributed by atoms with Gasteiger partial charge in [-0.2, -0.15) is 10.4 Å². The zero-order valence-corrected chi connectivity index (χ0v) is 8.18. The molecule has 0 aliphatic heterocycles. The first kappa shape index (κ1) is 9.21. The molecule has 2 heterocycles. The molecule has 0 saturated heterocycles. The second kappa shape index (κ2) is 3.42. The summed E-state index contributed by atoms with van der Waals surface area (Å²) < 4.78 is 1.64. The molecular weight excluding hydrogens is 190 g/mol. The van der Waals surface area contributed by atoms with Crippen molar-refractivity contribution in [2.24, 2.45) is 7.05 Å². The molecule has 0 radical (unpaired) electrons. The topological polar surface area (TPSA) is 80.5 Å². The van der Waals surface area contributed by atoms with Gasteiger partial charge in [-0.25, -0.2) is 4.98 Å². The minimum absolute atomic E-state index is 0.458. The lowest BCUT2D eigenvalue weighted by Gasteiger charge is -2.02. The highest BCUT2D eigenvalue weighted by molar-refractivity contribution is 5.66. The average molecular weight is 199 g/mol. The molecule has 5 heteroatoms. The molecule has 2 rings (SSSR count). The number of nitrogen functional groups attached to an aromatic ring is 1. The number of rotatable bonds is 1. The lowest BCUT2D eigenvalue weighted by molar-refractivity contribution is 0.775. The number of pyridine rings is 1. The SMILES string of the molecule is Cn1ncc(C#N)c1-c1ccc(N)nc1. The summed E-state index contributed by atoms with van der Waals surface area (Å²) in [5, 5.41) is 12.9. The normalized spacial score (nSPS) is 9.87. The molecule has 15 heavy (non-hydrogen) atoms. The van der Waals surface area contributed by atoms with Gasteiger partial charge >= 0.3 is 0 Å². The summed E-state index contributed by atoms with van der Waals surface area (Å²) in [6.07, 6.45) is 3.17. The van der Waals surface area contributed by atoms with Crippen molar-refractivity contribution in [2.45, 2.75) is 0 Å². The van der Waals surface area contributed by atoms with Gasteiger partial charge in [0.1, 0.15) is 11.9 Å². The van der Waals surface area contributed by atoms with Gasteiger partial charge in [-0.05, 0) is 12.1 Å². The summed E-state index contributed by atoms with van der Waals surface area (Å²) in [6.45, 7) is 0. The molecule has 0 bridgehead atoms. The highest BCUT2D eigenvalue weighted by Crippen LogP contribution is 2.21. The van der Waals surface area contributed by atoms with Crippen LogP contribution in [-0.2, 0) is 7.05 Å². The third-order valence-electron chi connectivity index (χ3n) is 2.12. The van der Waals surface area contributed by atoms with Gasteiger partial charge in [-0.3, -0.25) is 4.68 Å². The summed E-state index contributed by atoms with van der Waals surface area (Å²) in [6, 6.07) is 5.60. The second-order valence-electron chi connectivity index (χ2n) is 3.11. The van der Waals surface area contributed by atoms with E-state index >= 15 is 0 Å². The quantitative estimate of drug-likeness (QED) is 0.741. The van der Waals surface area contributed by atoms with E-state index < -0.39 is 0 Å². The maximum Gasteiger partial charge on any atom is 0.123 e. The van der Waals surface area contributed by atoms with Crippen LogP contribution >= 0.6 is 0 Å². The molecule has 0 spiro atoms. The highest BCUT2D eigenvalue weighted by atomic mass is 15.3. The second-order valence-corrected chi connectivity index (χ2v) is 3.11. The Labute approximate surface area is 86.8 Å². The molecule has 0 aromatic carbocycles. The van der Waals surface area contributed by atoms with E-state index in [4.69, 9.17) is 11.0 Å². The number of hydrogen-bond donors (Lipinski definition) is 1. The van der Waals surface area contributed by atoms with E-state index in [2.05, 4.69) is 16.2 Å². The monoisotopic (exact) mass is 199 g/mol. The zero-order valence-electron chi connectivity index (χ0n) is 8.18. The van der Waals surface area contributed by atoms with Gasteiger partial charge < -0.3 is 5.73 Å². The van der Waals surface area contributed by atoms with Gasteiger partial charge in [0.15, 0.2) is 0 Å². The van der Waals surface area contributed by atoms with Crippen molar-refractivity contribution < 1.29 is 0 Å². The van der Waals surface area contributed by atoms with Gasteiger partial charge in [0.05, 0.1) is 17.5 Å². The maximum absolute atomic E-state index is 8.90. The summed E-state index contributed by atoms with van der Waals surface area (Å²) in [4.78, 5) is 3.98. The molecule has 0 fully saturated rings. The molecule has 2 aromatic heterocycles. The summed E-state index contributed by atoms with van der Waals surface area (Å²) in [5.41, 5.74) is 7.61. The van der Waals surface area contributed by atoms with Gasteiger partial charge in [-0.1, -0.05) is 0 Å². The molecule has 74 valence electrons. The van der Waals surface area contributed by atoms with Crippen molar-refractivity contribution in [3.05, 3.63) is 30.1 Å². The van der Waals surface area contributed by atoms with Crippen molar-refractivity contribution in [3.63, 3.8) is 0 Å². The predicted molar refractivity (Wildman–Crippen MR) is 55.6 cm³/mol. The first-order valence-corrected chi connectivity index (χ1v) is 4.36. The minimum atomic E-state index is 0.458. The number of hydrogen-bond acceptors (Lipinski definition) is 4. The van der Waals surface area contributed by atoms with Crippen molar-refractivity contribution in [3.8, 4) is 17.3 Å². The number of nitrogens with two attached hydrogens (primary N) is 1. The van der Waals surface area contributed by atoms with Crippen LogP contribution in [0.25, 0.3) is 11.3 Å². The van der Waals surface area contributed by atoms with E-state index in [1.54, 1.807) is 24.0 Å². The van der Waals surface area contributed by atoms with Crippen LogP contribution < -0.4 is 5.73 Å². The van der Waals surface area contributed by atoms with Crippen molar-refractivity contribution in [2.75, 3.05) is 5.73 Å². The first-order chi connectivity index (χ1) is 7.22. The number of nitriles is 1. The van der Waals surface area contributed by atoms with Crippen molar-refractivity contribution >= 4 is 5.82 Å². The van der Waals surface area contributed by atoms with Crippen LogP contribution in [0, 0.1) is 11.3 Å². The lowest BCUT2D eigenvalue weighted by Crippen LogP contribution is -1.96. The van der Waals surface area contributed by atoms with E-state index in [1.807, 2.05) is 6.07 Å². The van der Waals surface area contributed by atoms with Crippen LogP contribution in [0.15, 0.2) is 24.5 Å². The Kier molecular flexibility index (Phi) is 2.10. The van der Waals surface area contributed by atoms with Crippen molar-refractivity contribution in [1.29, 1.82) is 5.26 Å². The summed E-state index contributed by atoms with van der Waals surface area (Å²) in [5.74, 6) is 0.458. The number of nitrogens with zero attached hydrogens (tertiary/aromatic N) is 4. The first-order valence-electron chi connectivity index (χ1n) is 4.36. The minimum Gasteiger partial charge on any atom is -0.384 e. The van der Waals surface area contributed by atoms with E-state index in [0.717, 1.165) is 11.3 Å². The maximum atomic E-state index is 8.90. The van der Waals surface area contributed by atoms with E-state index in [9.17, 15) is 0 Å². The van der Waals surface area contributed by atoms with Crippen LogP contribution in [-0.4, -0.2) is 14.8 Å². The Balaban J connectivity index is 2.59. The van der Waals surface area contributed by atoms with Gasteiger partial charge in [0.2, 0.25) is 0 Å². The fraction of sp³-hybridized carbons (Fsp3) is 0.100. The Bertz CT molecular complexity index is 518. The summed E-state index contributed by atoms with van der Waals surface area (Å²) >= 11 is 0. The molecular formula is C10H9N5. The molecule has 0 aliphatic rings. The zero-order chi connectivity index (χ0) is 10.8.